The number of amides is 1. The Balaban J connectivity index is 2.01. The highest BCUT2D eigenvalue weighted by atomic mass is 16.1. The maximum Gasteiger partial charge on any atom is 0.273 e. The molecule has 0 spiro atoms. The molecule has 0 aromatic heterocycles. The summed E-state index contributed by atoms with van der Waals surface area (Å²) in [5, 5.41) is 6.26. The molecule has 2 aromatic rings. The predicted octanol–water partition coefficient (Wildman–Crippen LogP) is 4.16. The molecular weight excluding hydrogens is 234 g/mol. The highest BCUT2D eigenvalue weighted by Crippen LogP contribution is 2.18. The quantitative estimate of drug-likeness (QED) is 0.712. The van der Waals surface area contributed by atoms with Gasteiger partial charge in [-0.1, -0.05) is 62.6 Å². The average molecular weight is 254 g/mol. The maximum atomic E-state index is 12.1. The molecular formula is C17H20NO. The molecule has 2 heteroatoms. The van der Waals surface area contributed by atoms with Gasteiger partial charge in [0.1, 0.15) is 0 Å². The molecule has 0 aliphatic heterocycles. The number of unbranched alkanes of at least 4 members (excludes halogenated alkanes) is 3. The van der Waals surface area contributed by atoms with Crippen LogP contribution in [0.3, 0.4) is 0 Å². The number of carbonyl (C=O) groups excluding carboxylic acids is 1. The van der Waals surface area contributed by atoms with Crippen molar-refractivity contribution in [2.75, 3.05) is 6.54 Å². The van der Waals surface area contributed by atoms with Crippen LogP contribution in [0, 0.1) is 0 Å². The molecule has 99 valence electrons. The van der Waals surface area contributed by atoms with E-state index in [-0.39, 0.29) is 5.91 Å². The van der Waals surface area contributed by atoms with Crippen LogP contribution in [0.25, 0.3) is 10.8 Å². The van der Waals surface area contributed by atoms with E-state index in [1.165, 1.54) is 12.8 Å². The van der Waals surface area contributed by atoms with E-state index in [1.807, 2.05) is 42.5 Å². The van der Waals surface area contributed by atoms with Gasteiger partial charge in [-0.15, -0.1) is 0 Å². The summed E-state index contributed by atoms with van der Waals surface area (Å²) in [6.07, 6.45) is 4.59. The van der Waals surface area contributed by atoms with E-state index in [4.69, 9.17) is 0 Å². The second-order valence-electron chi connectivity index (χ2n) is 4.77. The standard InChI is InChI=1S/C17H20NO/c1-2-3-4-7-13-18-17(19)16-12-8-10-14-9-5-6-11-15(14)16/h5-6,8-12H,2-4,7,13H2,1H3. The van der Waals surface area contributed by atoms with Crippen molar-refractivity contribution in [1.82, 2.24) is 5.32 Å². The van der Waals surface area contributed by atoms with Crippen molar-refractivity contribution in [3.63, 3.8) is 0 Å². The normalized spacial score (nSPS) is 10.6. The zero-order chi connectivity index (χ0) is 13.5. The van der Waals surface area contributed by atoms with E-state index in [1.54, 1.807) is 0 Å². The maximum absolute atomic E-state index is 12.1. The van der Waals surface area contributed by atoms with Crippen LogP contribution in [0.15, 0.2) is 42.5 Å². The first-order valence-corrected chi connectivity index (χ1v) is 7.02. The Hall–Kier alpha value is -1.83. The van der Waals surface area contributed by atoms with Crippen molar-refractivity contribution < 1.29 is 4.79 Å². The average Bonchev–Trinajstić information content (AvgIpc) is 2.46. The van der Waals surface area contributed by atoms with Crippen LogP contribution < -0.4 is 5.32 Å². The summed E-state index contributed by atoms with van der Waals surface area (Å²) in [7, 11) is 0. The van der Waals surface area contributed by atoms with E-state index in [2.05, 4.69) is 12.2 Å². The lowest BCUT2D eigenvalue weighted by atomic mass is 10.0. The van der Waals surface area contributed by atoms with E-state index >= 15 is 0 Å². The summed E-state index contributed by atoms with van der Waals surface area (Å²) >= 11 is 0. The van der Waals surface area contributed by atoms with Crippen LogP contribution in [0.2, 0.25) is 0 Å². The molecule has 0 N–H and O–H groups in total. The third kappa shape index (κ3) is 3.57. The fourth-order valence-corrected chi connectivity index (χ4v) is 2.22. The number of nitrogens with zero attached hydrogens (tertiary/aromatic N) is 1. The van der Waals surface area contributed by atoms with Crippen LogP contribution >= 0.6 is 0 Å². The van der Waals surface area contributed by atoms with Gasteiger partial charge in [0.2, 0.25) is 0 Å². The van der Waals surface area contributed by atoms with Gasteiger partial charge in [0, 0.05) is 12.1 Å². The zero-order valence-corrected chi connectivity index (χ0v) is 11.4. The van der Waals surface area contributed by atoms with Gasteiger partial charge in [-0.2, -0.15) is 0 Å². The van der Waals surface area contributed by atoms with Crippen LogP contribution in [-0.2, 0) is 0 Å². The minimum atomic E-state index is -0.0895. The number of hydrogen-bond donors (Lipinski definition) is 0. The van der Waals surface area contributed by atoms with Gasteiger partial charge in [-0.3, -0.25) is 4.79 Å². The lowest BCUT2D eigenvalue weighted by Crippen LogP contribution is -2.17. The SMILES string of the molecule is CCCCCC[N]C(=O)c1cccc2ccccc12. The summed E-state index contributed by atoms with van der Waals surface area (Å²) in [6, 6.07) is 13.7. The van der Waals surface area contributed by atoms with Crippen molar-refractivity contribution in [2.24, 2.45) is 0 Å². The smallest absolute Gasteiger partial charge is 0.267 e. The molecule has 0 aliphatic carbocycles. The van der Waals surface area contributed by atoms with E-state index in [0.29, 0.717) is 12.1 Å². The molecule has 0 saturated carbocycles. The minimum Gasteiger partial charge on any atom is -0.267 e. The molecule has 2 aromatic carbocycles. The van der Waals surface area contributed by atoms with Crippen molar-refractivity contribution >= 4 is 16.7 Å². The molecule has 0 bridgehead atoms. The molecule has 0 atom stereocenters. The molecule has 0 aliphatic rings. The third-order valence-corrected chi connectivity index (χ3v) is 3.29. The predicted molar refractivity (Wildman–Crippen MR) is 79.4 cm³/mol. The van der Waals surface area contributed by atoms with Gasteiger partial charge in [0.05, 0.1) is 0 Å². The summed E-state index contributed by atoms with van der Waals surface area (Å²) in [6.45, 7) is 2.82. The Morgan fingerprint density at radius 3 is 2.63 bits per heavy atom. The first-order chi connectivity index (χ1) is 9.33. The van der Waals surface area contributed by atoms with E-state index in [9.17, 15) is 4.79 Å². The van der Waals surface area contributed by atoms with Gasteiger partial charge in [-0.25, -0.2) is 5.32 Å². The summed E-state index contributed by atoms with van der Waals surface area (Å²) < 4.78 is 0. The largest absolute Gasteiger partial charge is 0.273 e. The lowest BCUT2D eigenvalue weighted by Gasteiger charge is -2.05. The van der Waals surface area contributed by atoms with Crippen LogP contribution in [-0.4, -0.2) is 12.5 Å². The summed E-state index contributed by atoms with van der Waals surface area (Å²) in [4.78, 5) is 12.1. The number of hydrogen-bond acceptors (Lipinski definition) is 1. The van der Waals surface area contributed by atoms with Gasteiger partial charge in [0.15, 0.2) is 0 Å². The van der Waals surface area contributed by atoms with Crippen molar-refractivity contribution in [1.29, 1.82) is 0 Å². The van der Waals surface area contributed by atoms with E-state index in [0.717, 1.165) is 23.6 Å². The molecule has 0 fully saturated rings. The second kappa shape index (κ2) is 6.93. The Bertz CT molecular complexity index is 542. The first kappa shape index (κ1) is 13.6. The number of benzene rings is 2. The Morgan fingerprint density at radius 2 is 1.79 bits per heavy atom. The fraction of sp³-hybridized carbons (Fsp3) is 0.353. The summed E-state index contributed by atoms with van der Waals surface area (Å²) in [5.74, 6) is -0.0895. The Kier molecular flexibility index (Phi) is 4.96. The van der Waals surface area contributed by atoms with Crippen LogP contribution in [0.4, 0.5) is 0 Å². The van der Waals surface area contributed by atoms with Gasteiger partial charge < -0.3 is 0 Å². The number of carbonyl (C=O) groups is 1. The lowest BCUT2D eigenvalue weighted by molar-refractivity contribution is 0.0950. The highest BCUT2D eigenvalue weighted by Gasteiger charge is 2.09. The second-order valence-corrected chi connectivity index (χ2v) is 4.77. The highest BCUT2D eigenvalue weighted by molar-refractivity contribution is 6.06. The number of rotatable bonds is 6. The van der Waals surface area contributed by atoms with Crippen molar-refractivity contribution in [3.05, 3.63) is 48.0 Å². The third-order valence-electron chi connectivity index (χ3n) is 3.29. The van der Waals surface area contributed by atoms with Gasteiger partial charge in [0.25, 0.3) is 5.91 Å². The van der Waals surface area contributed by atoms with Crippen molar-refractivity contribution in [3.8, 4) is 0 Å². The molecule has 1 radical (unpaired) electrons. The first-order valence-electron chi connectivity index (χ1n) is 7.02. The molecule has 2 rings (SSSR count). The summed E-state index contributed by atoms with van der Waals surface area (Å²) in [5.41, 5.74) is 0.716. The van der Waals surface area contributed by atoms with E-state index < -0.39 is 0 Å². The van der Waals surface area contributed by atoms with Crippen molar-refractivity contribution in [2.45, 2.75) is 32.6 Å². The Labute approximate surface area is 114 Å². The molecule has 2 nitrogen and oxygen atoms in total. The van der Waals surface area contributed by atoms with Gasteiger partial charge >= 0.3 is 0 Å². The minimum absolute atomic E-state index is 0.0895. The molecule has 0 unspecified atom stereocenters. The molecule has 0 heterocycles. The monoisotopic (exact) mass is 254 g/mol. The number of fused-ring (bicyclic) bond motifs is 1. The molecule has 0 saturated heterocycles. The zero-order valence-electron chi connectivity index (χ0n) is 11.4. The fourth-order valence-electron chi connectivity index (χ4n) is 2.22. The Morgan fingerprint density at radius 1 is 1.00 bits per heavy atom. The van der Waals surface area contributed by atoms with Crippen LogP contribution in [0.1, 0.15) is 43.0 Å². The van der Waals surface area contributed by atoms with Gasteiger partial charge in [-0.05, 0) is 23.3 Å². The molecule has 1 amide bonds. The topological polar surface area (TPSA) is 31.2 Å². The molecule has 19 heavy (non-hydrogen) atoms. The van der Waals surface area contributed by atoms with Crippen LogP contribution in [0.5, 0.6) is 0 Å².